The molecular weight excluding hydrogens is 438 g/mol. The molecule has 1 aromatic carbocycles. The van der Waals surface area contributed by atoms with Crippen LogP contribution in [0.3, 0.4) is 0 Å². The number of non-ortho nitro benzene ring substituents is 1. The summed E-state index contributed by atoms with van der Waals surface area (Å²) in [6.07, 6.45) is 3.64. The van der Waals surface area contributed by atoms with Crippen molar-refractivity contribution in [3.63, 3.8) is 0 Å². The van der Waals surface area contributed by atoms with Crippen LogP contribution in [0, 0.1) is 20.2 Å². The second-order valence-electron chi connectivity index (χ2n) is 6.27. The lowest BCUT2D eigenvalue weighted by Crippen LogP contribution is -2.32. The van der Waals surface area contributed by atoms with Crippen molar-refractivity contribution >= 4 is 34.8 Å². The Labute approximate surface area is 184 Å². The molecule has 0 fully saturated rings. The fraction of sp³-hybridized carbons (Fsp3) is 0.0556. The molecule has 33 heavy (non-hydrogen) atoms. The molecule has 0 spiro atoms. The number of hydrogen-bond acceptors (Lipinski definition) is 11. The van der Waals surface area contributed by atoms with E-state index in [2.05, 4.69) is 36.7 Å². The second kappa shape index (κ2) is 10.2. The zero-order valence-electron chi connectivity index (χ0n) is 16.6. The van der Waals surface area contributed by atoms with E-state index < -0.39 is 27.3 Å². The van der Waals surface area contributed by atoms with Gasteiger partial charge in [0.1, 0.15) is 6.33 Å². The summed E-state index contributed by atoms with van der Waals surface area (Å²) in [5.41, 5.74) is 9.21. The number of aromatic nitrogens is 3. The third kappa shape index (κ3) is 5.91. The van der Waals surface area contributed by atoms with Crippen molar-refractivity contribution < 1.29 is 19.4 Å². The molecule has 0 atom stereocenters. The number of anilines is 2. The van der Waals surface area contributed by atoms with E-state index >= 15 is 0 Å². The minimum absolute atomic E-state index is 0.120. The van der Waals surface area contributed by atoms with Crippen LogP contribution in [-0.4, -0.2) is 36.6 Å². The van der Waals surface area contributed by atoms with Crippen molar-refractivity contribution in [1.82, 2.24) is 25.8 Å². The minimum Gasteiger partial charge on any atom is -0.276 e. The van der Waals surface area contributed by atoms with Gasteiger partial charge in [0.15, 0.2) is 0 Å². The van der Waals surface area contributed by atoms with Gasteiger partial charge in [-0.25, -0.2) is 9.97 Å². The van der Waals surface area contributed by atoms with Crippen molar-refractivity contribution in [2.45, 2.75) is 6.42 Å². The maximum atomic E-state index is 12.1. The van der Waals surface area contributed by atoms with Gasteiger partial charge in [0, 0.05) is 30.1 Å². The predicted octanol–water partition coefficient (Wildman–Crippen LogP) is 1.13. The molecule has 2 heterocycles. The van der Waals surface area contributed by atoms with Gasteiger partial charge in [0.05, 0.1) is 16.3 Å². The number of nitro groups is 2. The van der Waals surface area contributed by atoms with E-state index in [4.69, 9.17) is 0 Å². The lowest BCUT2D eigenvalue weighted by Gasteiger charge is -2.11. The van der Waals surface area contributed by atoms with Gasteiger partial charge in [-0.05, 0) is 17.7 Å². The normalized spacial score (nSPS) is 10.1. The molecule has 2 aromatic heterocycles. The molecule has 3 aromatic rings. The summed E-state index contributed by atoms with van der Waals surface area (Å²) >= 11 is 0. The maximum absolute atomic E-state index is 12.1. The number of rotatable bonds is 9. The molecule has 0 saturated heterocycles. The van der Waals surface area contributed by atoms with Crippen LogP contribution in [0.1, 0.15) is 15.9 Å². The molecule has 2 amide bonds. The Bertz CT molecular complexity index is 1190. The minimum atomic E-state index is -0.800. The van der Waals surface area contributed by atoms with E-state index in [1.807, 2.05) is 0 Å². The quantitative estimate of drug-likeness (QED) is 0.267. The molecule has 15 heteroatoms. The fourth-order valence-corrected chi connectivity index (χ4v) is 2.52. The topological polar surface area (TPSA) is 207 Å². The van der Waals surface area contributed by atoms with E-state index in [9.17, 15) is 29.8 Å². The summed E-state index contributed by atoms with van der Waals surface area (Å²) in [5.74, 6) is -1.84. The Kier molecular flexibility index (Phi) is 6.95. The van der Waals surface area contributed by atoms with Crippen LogP contribution >= 0.6 is 0 Å². The molecule has 168 valence electrons. The van der Waals surface area contributed by atoms with Crippen molar-refractivity contribution in [3.8, 4) is 0 Å². The summed E-state index contributed by atoms with van der Waals surface area (Å²) in [6, 6.07) is 8.22. The zero-order chi connectivity index (χ0) is 23.8. The summed E-state index contributed by atoms with van der Waals surface area (Å²) in [5, 5.41) is 22.2. The highest BCUT2D eigenvalue weighted by molar-refractivity contribution is 5.94. The molecule has 0 saturated carbocycles. The lowest BCUT2D eigenvalue weighted by atomic mass is 10.1. The summed E-state index contributed by atoms with van der Waals surface area (Å²) in [7, 11) is 0. The van der Waals surface area contributed by atoms with Crippen LogP contribution in [0.4, 0.5) is 23.0 Å². The maximum Gasteiger partial charge on any atom is 0.356 e. The molecule has 0 radical (unpaired) electrons. The highest BCUT2D eigenvalue weighted by Crippen LogP contribution is 2.27. The van der Waals surface area contributed by atoms with Crippen molar-refractivity contribution in [2.24, 2.45) is 0 Å². The molecule has 0 bridgehead atoms. The van der Waals surface area contributed by atoms with Crippen LogP contribution in [-0.2, 0) is 11.2 Å². The first-order valence-corrected chi connectivity index (χ1v) is 9.09. The van der Waals surface area contributed by atoms with E-state index in [0.717, 1.165) is 6.33 Å². The van der Waals surface area contributed by atoms with Crippen molar-refractivity contribution in [2.75, 3.05) is 10.9 Å². The fourth-order valence-electron chi connectivity index (χ4n) is 2.52. The van der Waals surface area contributed by atoms with Crippen molar-refractivity contribution in [1.29, 1.82) is 0 Å². The zero-order valence-corrected chi connectivity index (χ0v) is 16.6. The first kappa shape index (κ1) is 22.5. The molecule has 0 aliphatic heterocycles. The van der Waals surface area contributed by atoms with Crippen LogP contribution in [0.5, 0.6) is 0 Å². The van der Waals surface area contributed by atoms with Crippen LogP contribution in [0.15, 0.2) is 55.1 Å². The van der Waals surface area contributed by atoms with E-state index in [1.54, 1.807) is 0 Å². The van der Waals surface area contributed by atoms with Gasteiger partial charge < -0.3 is 0 Å². The molecule has 0 unspecified atom stereocenters. The van der Waals surface area contributed by atoms with Crippen molar-refractivity contribution in [3.05, 3.63) is 86.5 Å². The van der Waals surface area contributed by atoms with Gasteiger partial charge in [-0.2, -0.15) is 0 Å². The van der Waals surface area contributed by atoms with Gasteiger partial charge >= 0.3 is 5.69 Å². The monoisotopic (exact) mass is 453 g/mol. The first-order valence-electron chi connectivity index (χ1n) is 9.09. The van der Waals surface area contributed by atoms with E-state index in [-0.39, 0.29) is 29.3 Å². The Hall–Kier alpha value is -5.21. The largest absolute Gasteiger partial charge is 0.356 e. The molecule has 0 aliphatic rings. The SMILES string of the molecule is O=C(Cc1ccc([N+](=O)[O-])cc1)NNc1ncnc(NNC(=O)c2ccncc2)c1[N+](=O)[O-]. The first-order chi connectivity index (χ1) is 15.8. The third-order valence-electron chi connectivity index (χ3n) is 4.07. The number of nitro benzene ring substituents is 1. The number of pyridine rings is 1. The number of nitrogens with zero attached hydrogens (tertiary/aromatic N) is 5. The predicted molar refractivity (Wildman–Crippen MR) is 113 cm³/mol. The Balaban J connectivity index is 1.65. The number of carbonyl (C=O) groups excluding carboxylic acids is 2. The third-order valence-corrected chi connectivity index (χ3v) is 4.07. The van der Waals surface area contributed by atoms with Crippen LogP contribution < -0.4 is 21.7 Å². The number of hydrazine groups is 2. The van der Waals surface area contributed by atoms with E-state index in [1.165, 1.54) is 48.8 Å². The average Bonchev–Trinajstić information content (AvgIpc) is 2.81. The summed E-state index contributed by atoms with van der Waals surface area (Å²) < 4.78 is 0. The standard InChI is InChI=1S/C18H15N9O6/c28-14(9-11-1-3-13(4-2-11)26(30)31)22-23-16-15(27(32)33)17(21-10-20-16)24-25-18(29)12-5-7-19-8-6-12/h1-8,10H,9H2,(H,22,28)(H,25,29)(H2,20,21,23,24). The van der Waals surface area contributed by atoms with Crippen LogP contribution in [0.2, 0.25) is 0 Å². The number of amides is 2. The molecule has 3 rings (SSSR count). The molecule has 0 aliphatic carbocycles. The lowest BCUT2D eigenvalue weighted by molar-refractivity contribution is -0.384. The van der Waals surface area contributed by atoms with Crippen LogP contribution in [0.25, 0.3) is 0 Å². The Morgan fingerprint density at radius 3 is 2.03 bits per heavy atom. The smallest absolute Gasteiger partial charge is 0.276 e. The number of nitrogens with one attached hydrogen (secondary N) is 4. The number of carbonyl (C=O) groups is 2. The summed E-state index contributed by atoms with van der Waals surface area (Å²) in [6.45, 7) is 0. The van der Waals surface area contributed by atoms with Gasteiger partial charge in [-0.1, -0.05) is 12.1 Å². The van der Waals surface area contributed by atoms with E-state index in [0.29, 0.717) is 5.56 Å². The number of hydrogen-bond donors (Lipinski definition) is 4. The average molecular weight is 453 g/mol. The highest BCUT2D eigenvalue weighted by Gasteiger charge is 2.24. The highest BCUT2D eigenvalue weighted by atomic mass is 16.6. The van der Waals surface area contributed by atoms with Gasteiger partial charge in [-0.3, -0.25) is 56.5 Å². The summed E-state index contributed by atoms with van der Waals surface area (Å²) in [4.78, 5) is 56.4. The molecular formula is C18H15N9O6. The van der Waals surface area contributed by atoms with Gasteiger partial charge in [0.2, 0.25) is 17.5 Å². The van der Waals surface area contributed by atoms with Gasteiger partial charge in [-0.15, -0.1) is 0 Å². The molecule has 15 nitrogen and oxygen atoms in total. The molecule has 4 N–H and O–H groups in total. The Morgan fingerprint density at radius 1 is 0.848 bits per heavy atom. The van der Waals surface area contributed by atoms with Gasteiger partial charge in [0.25, 0.3) is 11.6 Å². The second-order valence-corrected chi connectivity index (χ2v) is 6.27. The Morgan fingerprint density at radius 2 is 1.45 bits per heavy atom. The number of benzene rings is 1.